The number of aliphatic carboxylic acids is 2. The van der Waals surface area contributed by atoms with E-state index in [2.05, 4.69) is 31.6 Å². The molecule has 0 bridgehead atoms. The van der Waals surface area contributed by atoms with Crippen LogP contribution in [-0.4, -0.2) is 105 Å². The van der Waals surface area contributed by atoms with Gasteiger partial charge in [0, 0.05) is 30.1 Å². The zero-order valence-corrected chi connectivity index (χ0v) is 29.1. The van der Waals surface area contributed by atoms with Crippen molar-refractivity contribution in [2.45, 2.75) is 75.7 Å². The first kappa shape index (κ1) is 41.4. The molecule has 2 aromatic carbocycles. The number of H-pyrrole nitrogens is 1. The van der Waals surface area contributed by atoms with Gasteiger partial charge in [0.25, 0.3) is 0 Å². The average molecular weight is 739 g/mol. The summed E-state index contributed by atoms with van der Waals surface area (Å²) in [4.78, 5) is 92.0. The van der Waals surface area contributed by atoms with Gasteiger partial charge in [-0.25, -0.2) is 4.79 Å². The number of para-hydroxylation sites is 1. The monoisotopic (exact) mass is 738 g/mol. The molecule has 0 aliphatic rings. The summed E-state index contributed by atoms with van der Waals surface area (Å²) in [5.74, 6) is -7.06. The van der Waals surface area contributed by atoms with Gasteiger partial charge in [-0.2, -0.15) is 0 Å². The van der Waals surface area contributed by atoms with Crippen LogP contribution in [0, 0.1) is 0 Å². The van der Waals surface area contributed by atoms with Crippen LogP contribution in [0.5, 0.6) is 5.75 Å². The van der Waals surface area contributed by atoms with E-state index in [9.17, 15) is 48.9 Å². The van der Waals surface area contributed by atoms with E-state index in [1.807, 2.05) is 25.1 Å². The molecule has 0 saturated carbocycles. The van der Waals surface area contributed by atoms with Crippen molar-refractivity contribution in [3.63, 3.8) is 0 Å². The van der Waals surface area contributed by atoms with Gasteiger partial charge in [0.05, 0.1) is 19.0 Å². The van der Waals surface area contributed by atoms with Gasteiger partial charge >= 0.3 is 11.9 Å². The van der Waals surface area contributed by atoms with E-state index in [0.29, 0.717) is 24.0 Å². The number of aromatic amines is 1. The van der Waals surface area contributed by atoms with Crippen LogP contribution in [0.2, 0.25) is 0 Å². The zero-order chi connectivity index (χ0) is 39.1. The molecule has 3 rings (SSSR count). The highest BCUT2D eigenvalue weighted by molar-refractivity contribution is 5.97. The minimum atomic E-state index is -1.71. The quantitative estimate of drug-likeness (QED) is 0.0611. The molecule has 18 heteroatoms. The summed E-state index contributed by atoms with van der Waals surface area (Å²) in [6.07, 6.45) is 1.95. The third-order valence-corrected chi connectivity index (χ3v) is 8.24. The number of aromatic nitrogens is 1. The lowest BCUT2D eigenvalue weighted by Gasteiger charge is -2.25. The molecule has 0 unspecified atom stereocenters. The third-order valence-electron chi connectivity index (χ3n) is 8.24. The van der Waals surface area contributed by atoms with Crippen LogP contribution >= 0.6 is 0 Å². The van der Waals surface area contributed by atoms with Crippen molar-refractivity contribution in [3.8, 4) is 5.75 Å². The van der Waals surface area contributed by atoms with E-state index in [1.165, 1.54) is 12.1 Å². The minimum absolute atomic E-state index is 0.0439. The maximum atomic E-state index is 13.9. The molecule has 286 valence electrons. The van der Waals surface area contributed by atoms with Gasteiger partial charge in [-0.05, 0) is 42.2 Å². The topological polar surface area (TPSA) is 308 Å². The Morgan fingerprint density at radius 3 is 2.04 bits per heavy atom. The van der Waals surface area contributed by atoms with Crippen molar-refractivity contribution in [2.75, 3.05) is 13.1 Å². The van der Waals surface area contributed by atoms with Gasteiger partial charge in [-0.3, -0.25) is 28.8 Å². The molecule has 5 atom stereocenters. The maximum Gasteiger partial charge on any atom is 0.327 e. The van der Waals surface area contributed by atoms with Crippen LogP contribution in [0.15, 0.2) is 54.7 Å². The first-order valence-corrected chi connectivity index (χ1v) is 16.9. The molecule has 0 spiro atoms. The molecule has 18 nitrogen and oxygen atoms in total. The number of carboxylic acids is 2. The number of carboxylic acid groups (broad SMARTS) is 2. The molecule has 53 heavy (non-hydrogen) atoms. The van der Waals surface area contributed by atoms with Gasteiger partial charge in [-0.15, -0.1) is 0 Å². The summed E-state index contributed by atoms with van der Waals surface area (Å²) < 4.78 is 0. The van der Waals surface area contributed by atoms with Crippen molar-refractivity contribution in [1.82, 2.24) is 31.6 Å². The van der Waals surface area contributed by atoms with Crippen LogP contribution in [0.4, 0.5) is 0 Å². The Kier molecular flexibility index (Phi) is 15.7. The van der Waals surface area contributed by atoms with Crippen molar-refractivity contribution in [3.05, 3.63) is 65.9 Å². The Morgan fingerprint density at radius 1 is 0.774 bits per heavy atom. The Balaban J connectivity index is 1.78. The van der Waals surface area contributed by atoms with E-state index >= 15 is 0 Å². The summed E-state index contributed by atoms with van der Waals surface area (Å²) >= 11 is 0. The van der Waals surface area contributed by atoms with E-state index in [0.717, 1.165) is 10.9 Å². The van der Waals surface area contributed by atoms with Crippen molar-refractivity contribution in [1.29, 1.82) is 0 Å². The summed E-state index contributed by atoms with van der Waals surface area (Å²) in [7, 11) is 0. The number of nitrogens with one attached hydrogen (secondary N) is 6. The molecule has 0 aliphatic heterocycles. The highest BCUT2D eigenvalue weighted by Gasteiger charge is 2.32. The van der Waals surface area contributed by atoms with Crippen molar-refractivity contribution >= 4 is 52.4 Å². The molecule has 0 aliphatic carbocycles. The smallest absolute Gasteiger partial charge is 0.327 e. The second kappa shape index (κ2) is 20.1. The average Bonchev–Trinajstić information content (AvgIpc) is 3.53. The number of unbranched alkanes of at least 4 members (excludes halogenated alkanes) is 1. The lowest BCUT2D eigenvalue weighted by molar-refractivity contribution is -0.143. The molecular weight excluding hydrogens is 692 g/mol. The number of carbonyl (C=O) groups excluding carboxylic acids is 5. The van der Waals surface area contributed by atoms with Crippen LogP contribution < -0.4 is 38.1 Å². The van der Waals surface area contributed by atoms with Gasteiger partial charge in [0.15, 0.2) is 0 Å². The minimum Gasteiger partial charge on any atom is -0.508 e. The van der Waals surface area contributed by atoms with Gasteiger partial charge in [0.1, 0.15) is 29.9 Å². The van der Waals surface area contributed by atoms with Crippen LogP contribution in [0.3, 0.4) is 0 Å². The normalized spacial score (nSPS) is 13.8. The Labute approximate surface area is 304 Å². The van der Waals surface area contributed by atoms with Gasteiger partial charge in [-0.1, -0.05) is 50.1 Å². The molecular formula is C35H46N8O10. The highest BCUT2D eigenvalue weighted by Crippen LogP contribution is 2.19. The maximum absolute atomic E-state index is 13.9. The molecule has 1 aromatic heterocycles. The van der Waals surface area contributed by atoms with Crippen molar-refractivity contribution in [2.24, 2.45) is 11.5 Å². The molecule has 1 heterocycles. The standard InChI is InChI=1S/C35H46N8O10/c1-2-3-7-25(32(49)42-27(15-30(46)47)34(51)43-28(16-36)35(52)53)41-33(50)26(14-20-17-38-24-8-5-4-6-22(20)24)40-29(45)18-39-31(48)23(37)13-19-9-11-21(44)12-10-19/h4-6,8-12,17,23,25-28,38,44H,2-3,7,13-16,18,36-37H2,1H3,(H,39,48)(H,40,45)(H,41,50)(H,42,49)(H,43,51)(H,46,47)(H,52,53)/t23-,25-,26-,27-,28-/m0/s1. The second-order valence-electron chi connectivity index (χ2n) is 12.4. The zero-order valence-electron chi connectivity index (χ0n) is 29.1. The number of nitrogens with two attached hydrogens (primary N) is 2. The lowest BCUT2D eigenvalue weighted by Crippen LogP contribution is -2.59. The van der Waals surface area contributed by atoms with E-state index < -0.39 is 91.2 Å². The van der Waals surface area contributed by atoms with Crippen LogP contribution in [0.25, 0.3) is 10.9 Å². The predicted molar refractivity (Wildman–Crippen MR) is 191 cm³/mol. The number of hydrogen-bond donors (Lipinski definition) is 11. The summed E-state index contributed by atoms with van der Waals surface area (Å²) in [5, 5.41) is 40.9. The molecule has 0 fully saturated rings. The third kappa shape index (κ3) is 12.9. The van der Waals surface area contributed by atoms with Crippen LogP contribution in [0.1, 0.15) is 43.7 Å². The fourth-order valence-electron chi connectivity index (χ4n) is 5.35. The molecule has 5 amide bonds. The Bertz CT molecular complexity index is 1760. The lowest BCUT2D eigenvalue weighted by atomic mass is 10.0. The molecule has 13 N–H and O–H groups in total. The van der Waals surface area contributed by atoms with Gasteiger partial charge < -0.3 is 58.4 Å². The number of fused-ring (bicyclic) bond motifs is 1. The largest absolute Gasteiger partial charge is 0.508 e. The number of aromatic hydroxyl groups is 1. The first-order chi connectivity index (χ1) is 25.2. The number of amides is 5. The number of phenols is 1. The molecule has 0 saturated heterocycles. The molecule has 3 aromatic rings. The Morgan fingerprint density at radius 2 is 1.40 bits per heavy atom. The fraction of sp³-hybridized carbons (Fsp3) is 0.400. The summed E-state index contributed by atoms with van der Waals surface area (Å²) in [6, 6.07) is 6.53. The second-order valence-corrected chi connectivity index (χ2v) is 12.4. The number of carbonyl (C=O) groups is 7. The van der Waals surface area contributed by atoms with E-state index in [-0.39, 0.29) is 25.0 Å². The van der Waals surface area contributed by atoms with Gasteiger partial charge in [0.2, 0.25) is 29.5 Å². The summed E-state index contributed by atoms with van der Waals surface area (Å²) in [5.41, 5.74) is 13.5. The van der Waals surface area contributed by atoms with E-state index in [4.69, 9.17) is 11.5 Å². The van der Waals surface area contributed by atoms with Crippen LogP contribution in [-0.2, 0) is 46.4 Å². The fourth-order valence-corrected chi connectivity index (χ4v) is 5.35. The first-order valence-electron chi connectivity index (χ1n) is 16.9. The Hall–Kier alpha value is -6.01. The number of benzene rings is 2. The molecule has 0 radical (unpaired) electrons. The number of hydrogen-bond acceptors (Lipinski definition) is 10. The van der Waals surface area contributed by atoms with E-state index in [1.54, 1.807) is 24.4 Å². The highest BCUT2D eigenvalue weighted by atomic mass is 16.4. The number of rotatable bonds is 21. The number of phenolic OH excluding ortho intramolecular Hbond substituents is 1. The summed E-state index contributed by atoms with van der Waals surface area (Å²) in [6.45, 7) is 0.802. The predicted octanol–water partition coefficient (Wildman–Crippen LogP) is -1.25. The van der Waals surface area contributed by atoms with Crippen molar-refractivity contribution < 1.29 is 48.9 Å². The SMILES string of the molecule is CCCC[C@H](NC(=O)[C@H](Cc1c[nH]c2ccccc12)NC(=O)CNC(=O)[C@@H](N)Cc1ccc(O)cc1)C(=O)N[C@@H](CC(=O)O)C(=O)N[C@@H](CN)C(=O)O.